The van der Waals surface area contributed by atoms with E-state index in [1.54, 1.807) is 55.8 Å². The minimum atomic E-state index is -1.73. The minimum Gasteiger partial charge on any atom is -0.480 e. The Bertz CT molecular complexity index is 2950. The molecule has 27 heteroatoms. The third-order valence-corrected chi connectivity index (χ3v) is 13.7. The van der Waals surface area contributed by atoms with Crippen LogP contribution in [0, 0.1) is 23.0 Å². The number of carbonyl (C=O) groups excluding carboxylic acids is 12. The van der Waals surface area contributed by atoms with Gasteiger partial charge in [0.2, 0.25) is 41.4 Å². The number of carboxylic acids is 1. The second kappa shape index (κ2) is 32.3. The summed E-state index contributed by atoms with van der Waals surface area (Å²) in [7, 11) is 0. The van der Waals surface area contributed by atoms with Gasteiger partial charge < -0.3 is 56.8 Å². The molecule has 2 aromatic carbocycles. The van der Waals surface area contributed by atoms with Crippen molar-refractivity contribution in [1.29, 1.82) is 0 Å². The molecule has 6 atom stereocenters. The zero-order valence-corrected chi connectivity index (χ0v) is 48.3. The molecule has 4 rings (SSSR count). The fourth-order valence-corrected chi connectivity index (χ4v) is 9.36. The molecule has 462 valence electrons. The molecule has 1 fully saturated rings. The van der Waals surface area contributed by atoms with Gasteiger partial charge >= 0.3 is 11.9 Å². The van der Waals surface area contributed by atoms with E-state index >= 15 is 4.39 Å². The number of hydroxylamine groups is 2. The first-order chi connectivity index (χ1) is 40.0. The van der Waals surface area contributed by atoms with Crippen LogP contribution in [0.4, 0.5) is 8.78 Å². The number of nitrogens with one attached hydrogen (secondary N) is 5. The van der Waals surface area contributed by atoms with Crippen molar-refractivity contribution in [3.05, 3.63) is 83.7 Å². The van der Waals surface area contributed by atoms with Gasteiger partial charge in [-0.25, -0.2) is 18.4 Å². The van der Waals surface area contributed by atoms with E-state index in [1.165, 1.54) is 25.7 Å². The number of aliphatic hydroxyl groups excluding tert-OH is 1. The topological polar surface area (TPSA) is 369 Å². The van der Waals surface area contributed by atoms with E-state index in [2.05, 4.69) is 26.6 Å². The van der Waals surface area contributed by atoms with E-state index in [-0.39, 0.29) is 82.0 Å². The molecule has 0 aliphatic carbocycles. The number of carbonyl (C=O) groups is 13. The van der Waals surface area contributed by atoms with Crippen LogP contribution in [0.15, 0.2) is 60.8 Å². The van der Waals surface area contributed by atoms with Crippen molar-refractivity contribution in [1.82, 2.24) is 41.1 Å². The molecule has 3 aromatic rings. The zero-order valence-electron chi connectivity index (χ0n) is 48.3. The Hall–Kier alpha value is -8.75. The summed E-state index contributed by atoms with van der Waals surface area (Å²) in [5.41, 5.74) is 5.94. The lowest BCUT2D eigenvalue weighted by Gasteiger charge is -2.41. The van der Waals surface area contributed by atoms with Crippen LogP contribution in [0.1, 0.15) is 136 Å². The van der Waals surface area contributed by atoms with E-state index in [4.69, 9.17) is 10.6 Å². The van der Waals surface area contributed by atoms with E-state index in [1.807, 2.05) is 12.1 Å². The van der Waals surface area contributed by atoms with Gasteiger partial charge in [0.05, 0.1) is 18.5 Å². The summed E-state index contributed by atoms with van der Waals surface area (Å²) in [6, 6.07) is 6.81. The van der Waals surface area contributed by atoms with Crippen LogP contribution in [0.5, 0.6) is 0 Å². The Labute approximate surface area is 489 Å². The van der Waals surface area contributed by atoms with E-state index in [0.29, 0.717) is 10.8 Å². The number of nitrogens with two attached hydrogens (primary N) is 1. The molecule has 0 unspecified atom stereocenters. The molecule has 9 N–H and O–H groups in total. The maximum Gasteiger partial charge on any atom is 0.333 e. The van der Waals surface area contributed by atoms with Gasteiger partial charge in [-0.15, -0.1) is 5.06 Å². The Balaban J connectivity index is 1.57. The van der Waals surface area contributed by atoms with Crippen LogP contribution >= 0.6 is 0 Å². The molecule has 0 saturated carbocycles. The van der Waals surface area contributed by atoms with Crippen molar-refractivity contribution in [2.24, 2.45) is 17.1 Å². The van der Waals surface area contributed by atoms with Crippen molar-refractivity contribution >= 4 is 76.7 Å². The molecular formula is C58H75F2N9O16. The predicted molar refractivity (Wildman–Crippen MR) is 298 cm³/mol. The van der Waals surface area contributed by atoms with Crippen molar-refractivity contribution in [2.75, 3.05) is 19.7 Å². The molecule has 0 bridgehead atoms. The Morgan fingerprint density at radius 2 is 1.42 bits per heavy atom. The summed E-state index contributed by atoms with van der Waals surface area (Å²) in [6.07, 6.45) is -1.99. The summed E-state index contributed by atoms with van der Waals surface area (Å²) in [5.74, 6) is -13.4. The molecule has 1 aromatic heterocycles. The lowest BCUT2D eigenvalue weighted by atomic mass is 9.82. The molecule has 2 heterocycles. The fourth-order valence-electron chi connectivity index (χ4n) is 9.36. The predicted octanol–water partition coefficient (Wildman–Crippen LogP) is 2.34. The number of carboxylic acid groups (broad SMARTS) is 1. The first-order valence-electron chi connectivity index (χ1n) is 27.7. The molecular weight excluding hydrogens is 1120 g/mol. The highest BCUT2D eigenvalue weighted by atomic mass is 19.1. The highest BCUT2D eigenvalue weighted by Crippen LogP contribution is 2.41. The average molecular weight is 1190 g/mol. The number of imide groups is 1. The number of aliphatic hydroxyl groups is 1. The van der Waals surface area contributed by atoms with Gasteiger partial charge in [-0.3, -0.25) is 52.7 Å². The summed E-state index contributed by atoms with van der Waals surface area (Å²) in [6.45, 7) is 7.85. The number of primary amides is 1. The largest absolute Gasteiger partial charge is 0.480 e. The Morgan fingerprint density at radius 3 is 2.04 bits per heavy atom. The van der Waals surface area contributed by atoms with Crippen molar-refractivity contribution in [3.63, 3.8) is 0 Å². The number of amides is 9. The Kier molecular flexibility index (Phi) is 26.2. The number of ketones is 2. The van der Waals surface area contributed by atoms with Crippen molar-refractivity contribution < 1.29 is 86.2 Å². The molecule has 1 saturated heterocycles. The van der Waals surface area contributed by atoms with Gasteiger partial charge in [-0.1, -0.05) is 58.0 Å². The highest BCUT2D eigenvalue weighted by Gasteiger charge is 2.39. The molecule has 25 nitrogen and oxygen atoms in total. The molecule has 1 aliphatic heterocycles. The second-order valence-electron chi connectivity index (χ2n) is 21.8. The number of nitrogens with zero attached hydrogens (tertiary/aromatic N) is 3. The number of rotatable bonds is 34. The number of aromatic nitrogens is 1. The summed E-state index contributed by atoms with van der Waals surface area (Å²) < 4.78 is 31.8. The van der Waals surface area contributed by atoms with Crippen molar-refractivity contribution in [3.8, 4) is 11.1 Å². The van der Waals surface area contributed by atoms with Gasteiger partial charge in [-0.05, 0) is 67.9 Å². The maximum absolute atomic E-state index is 15.4. The minimum absolute atomic E-state index is 0.0363. The number of aliphatic carboxylic acids is 1. The molecule has 9 amide bonds. The van der Waals surface area contributed by atoms with E-state index in [0.717, 1.165) is 23.8 Å². The van der Waals surface area contributed by atoms with E-state index in [9.17, 15) is 76.9 Å². The summed E-state index contributed by atoms with van der Waals surface area (Å²) in [4.78, 5) is 172. The summed E-state index contributed by atoms with van der Waals surface area (Å²) >= 11 is 0. The van der Waals surface area contributed by atoms with Crippen LogP contribution in [-0.2, 0) is 73.7 Å². The lowest BCUT2D eigenvalue weighted by molar-refractivity contribution is -0.197. The van der Waals surface area contributed by atoms with Crippen LogP contribution < -0.4 is 32.3 Å². The normalized spacial score (nSPS) is 14.4. The number of Topliss-reactive ketones (excluding diaryl/α,β-unsaturated/α-hetero) is 2. The first-order valence-corrected chi connectivity index (χ1v) is 27.7. The smallest absolute Gasteiger partial charge is 0.333 e. The molecule has 0 radical (unpaired) electrons. The molecule has 0 spiro atoms. The first kappa shape index (κ1) is 68.7. The maximum atomic E-state index is 15.4. The quantitative estimate of drug-likeness (QED) is 0.0314. The lowest BCUT2D eigenvalue weighted by Crippen LogP contribution is -2.56. The monoisotopic (exact) mass is 1190 g/mol. The van der Waals surface area contributed by atoms with Crippen LogP contribution in [0.3, 0.4) is 0 Å². The third-order valence-electron chi connectivity index (χ3n) is 13.7. The SMILES string of the molecule is CC(=O)N[C@@H](C)C(=O)C[C@H](C)C(=O)N[C@@H](CC(N)=O)C(=O)N[C@@H](CCN(C(=O)CO)[C@@H](c1cc(-c2cc(F)ccc2F)cn1Cc1ccccc1)C(C)(C)C)C(=O)NCCCC(=O)CC[C@H](NC(=O)CCCC(=O)ON1C(=O)CCC1=O)C(=O)O. The van der Waals surface area contributed by atoms with Crippen LogP contribution in [0.2, 0.25) is 0 Å². The average Bonchev–Trinajstić information content (AvgIpc) is 2.90. The van der Waals surface area contributed by atoms with Gasteiger partial charge in [-0.2, -0.15) is 0 Å². The van der Waals surface area contributed by atoms with Crippen molar-refractivity contribution in [2.45, 2.75) is 155 Å². The molecule has 85 heavy (non-hydrogen) atoms. The fraction of sp³-hybridized carbons (Fsp3) is 0.500. The number of hydrogen-bond donors (Lipinski definition) is 8. The van der Waals surface area contributed by atoms with Crippen LogP contribution in [-0.4, -0.2) is 145 Å². The number of benzene rings is 2. The Morgan fingerprint density at radius 1 is 0.765 bits per heavy atom. The third kappa shape index (κ3) is 21.7. The summed E-state index contributed by atoms with van der Waals surface area (Å²) in [5, 5.41) is 32.9. The van der Waals surface area contributed by atoms with Crippen LogP contribution in [0.25, 0.3) is 11.1 Å². The van der Waals surface area contributed by atoms with Gasteiger partial charge in [0.25, 0.3) is 11.8 Å². The van der Waals surface area contributed by atoms with Gasteiger partial charge in [0.1, 0.15) is 42.2 Å². The zero-order chi connectivity index (χ0) is 63.3. The number of hydrogen-bond acceptors (Lipinski definition) is 15. The number of halogens is 2. The van der Waals surface area contributed by atoms with Gasteiger partial charge in [0.15, 0.2) is 5.78 Å². The molecule has 1 aliphatic rings. The van der Waals surface area contributed by atoms with E-state index < -0.39 is 162 Å². The highest BCUT2D eigenvalue weighted by molar-refractivity contribution is 6.01. The standard InChI is InChI=1S/C58H75F2N9O16/c1-33(26-46(73)34(2)63-35(3)71)54(80)66-44(29-47(61)74)56(82)65-42(55(81)62-24-11-14-39(72)18-20-43(57(83)84)64-48(75)15-10-16-52(79)85-69-49(76)21-22-50(69)77)23-25-68(51(78)32-70)53(58(4,5)6)45-27-37(40-28-38(59)17-19-41(40)60)31-67(45)30-36-12-8-7-9-13-36/h7-9,12-13,17,19,27-28,31,33-34,42-44,53,70H,10-11,14-16,18,20-26,29-30,32H2,1-6H3,(H2,61,74)(H,62,81)(H,63,71)(H,64,75)(H,65,82)(H,66,80)(H,83,84)/t33-,34-,42-,43-,44-,53-/m0/s1. The van der Waals surface area contributed by atoms with Gasteiger partial charge in [0, 0.05) is 100 Å². The second-order valence-corrected chi connectivity index (χ2v) is 21.8.